The lowest BCUT2D eigenvalue weighted by atomic mass is 9.87. The molecule has 0 fully saturated rings. The van der Waals surface area contributed by atoms with Crippen LogP contribution in [-0.2, 0) is 15.7 Å². The maximum absolute atomic E-state index is 6.46. The molecule has 1 atom stereocenters. The highest BCUT2D eigenvalue weighted by Gasteiger charge is 2.34. The lowest BCUT2D eigenvalue weighted by Crippen LogP contribution is -2.26. The van der Waals surface area contributed by atoms with Gasteiger partial charge in [-0.15, -0.1) is 0 Å². The molecule has 0 aliphatic carbocycles. The normalized spacial score (nSPS) is 13.2. The molecule has 1 N–H and O–H groups in total. The Labute approximate surface area is 196 Å². The van der Waals surface area contributed by atoms with Gasteiger partial charge in [-0.05, 0) is 56.1 Å². The Morgan fingerprint density at radius 3 is 2.56 bits per heavy atom. The minimum absolute atomic E-state index is 0.146. The summed E-state index contributed by atoms with van der Waals surface area (Å²) in [5.41, 5.74) is 2.95. The van der Waals surface area contributed by atoms with E-state index in [9.17, 15) is 0 Å². The number of hydrogen-bond donors (Lipinski definition) is 1. The average Bonchev–Trinajstić information content (AvgIpc) is 3.03. The third kappa shape index (κ3) is 5.83. The first-order valence-electron chi connectivity index (χ1n) is 11.0. The Balaban J connectivity index is 2.19. The maximum atomic E-state index is 6.46. The van der Waals surface area contributed by atoms with Gasteiger partial charge in [-0.1, -0.05) is 26.8 Å². The van der Waals surface area contributed by atoms with E-state index in [0.29, 0.717) is 36.9 Å². The summed E-state index contributed by atoms with van der Waals surface area (Å²) < 4.78 is 13.9. The fourth-order valence-corrected chi connectivity index (χ4v) is 4.73. The minimum atomic E-state index is -1.36. The first-order valence-corrected chi connectivity index (χ1v) is 14.1. The summed E-state index contributed by atoms with van der Waals surface area (Å²) in [5.74, 6) is 1.24. The number of ether oxygens (including phenoxy) is 1. The first kappa shape index (κ1) is 24.6. The van der Waals surface area contributed by atoms with E-state index in [-0.39, 0.29) is 16.8 Å². The van der Waals surface area contributed by atoms with Gasteiger partial charge in [-0.25, -0.2) is 9.97 Å². The maximum Gasteiger partial charge on any atom is 0.225 e. The molecule has 0 radical (unpaired) electrons. The molecule has 0 spiro atoms. The third-order valence-electron chi connectivity index (χ3n) is 4.82. The molecule has 0 saturated heterocycles. The highest BCUT2D eigenvalue weighted by molar-refractivity contribution is 6.48. The van der Waals surface area contributed by atoms with Crippen molar-refractivity contribution in [1.29, 1.82) is 0 Å². The summed E-state index contributed by atoms with van der Waals surface area (Å²) >= 11 is 6.38. The zero-order chi connectivity index (χ0) is 23.5. The zero-order valence-corrected chi connectivity index (χ0v) is 21.8. The van der Waals surface area contributed by atoms with Crippen LogP contribution in [0, 0.1) is 12.3 Å². The fraction of sp³-hybridized carbons (Fsp3) is 0.545. The molecule has 0 aliphatic rings. The van der Waals surface area contributed by atoms with Crippen molar-refractivity contribution in [2.45, 2.75) is 60.4 Å². The van der Waals surface area contributed by atoms with E-state index < -0.39 is 9.04 Å². The lowest BCUT2D eigenvalue weighted by Gasteiger charge is -2.31. The molecular formula is C22H33ClN6O2Si. The third-order valence-corrected chi connectivity index (χ3v) is 5.80. The molecule has 3 heterocycles. The molecule has 0 bridgehead atoms. The predicted molar refractivity (Wildman–Crippen MR) is 131 cm³/mol. The van der Waals surface area contributed by atoms with Gasteiger partial charge in [0, 0.05) is 12.3 Å². The van der Waals surface area contributed by atoms with Crippen molar-refractivity contribution in [3.8, 4) is 0 Å². The molecule has 32 heavy (non-hydrogen) atoms. The van der Waals surface area contributed by atoms with E-state index in [1.165, 1.54) is 0 Å². The van der Waals surface area contributed by atoms with E-state index in [2.05, 4.69) is 54.1 Å². The number of halogens is 1. The monoisotopic (exact) mass is 476 g/mol. The van der Waals surface area contributed by atoms with E-state index in [4.69, 9.17) is 25.9 Å². The van der Waals surface area contributed by atoms with Gasteiger partial charge in [0.25, 0.3) is 0 Å². The molecule has 3 aromatic rings. The number of aryl methyl sites for hydroxylation is 1. The van der Waals surface area contributed by atoms with Crippen molar-refractivity contribution in [2.24, 2.45) is 5.41 Å². The highest BCUT2D eigenvalue weighted by Crippen LogP contribution is 2.40. The van der Waals surface area contributed by atoms with Crippen molar-refractivity contribution < 1.29 is 9.16 Å². The Kier molecular flexibility index (Phi) is 7.87. The summed E-state index contributed by atoms with van der Waals surface area (Å²) in [6.07, 6.45) is -0.221. The molecule has 0 amide bonds. The Morgan fingerprint density at radius 1 is 1.19 bits per heavy atom. The number of anilines is 2. The molecule has 10 heteroatoms. The SMILES string of the molecule is CCOCCn1nc(C(O[SiH](C)C)C(C)(C)C)c2nc(Cl)nc(Nc3cccc(C)n3)c21. The van der Waals surface area contributed by atoms with Gasteiger partial charge >= 0.3 is 0 Å². The molecule has 1 unspecified atom stereocenters. The van der Waals surface area contributed by atoms with Crippen molar-refractivity contribution in [3.63, 3.8) is 0 Å². The minimum Gasteiger partial charge on any atom is -0.411 e. The van der Waals surface area contributed by atoms with Gasteiger partial charge in [-0.3, -0.25) is 4.68 Å². The van der Waals surface area contributed by atoms with E-state index in [1.54, 1.807) is 0 Å². The topological polar surface area (TPSA) is 87.0 Å². The molecule has 174 valence electrons. The lowest BCUT2D eigenvalue weighted by molar-refractivity contribution is 0.0824. The summed E-state index contributed by atoms with van der Waals surface area (Å²) in [6, 6.07) is 5.78. The van der Waals surface area contributed by atoms with Crippen molar-refractivity contribution in [3.05, 3.63) is 34.9 Å². The van der Waals surface area contributed by atoms with Gasteiger partial charge in [0.05, 0.1) is 19.3 Å². The molecule has 0 aliphatic heterocycles. The summed E-state index contributed by atoms with van der Waals surface area (Å²) in [7, 11) is -1.36. The van der Waals surface area contributed by atoms with Crippen LogP contribution in [0.2, 0.25) is 18.4 Å². The van der Waals surface area contributed by atoms with Gasteiger partial charge in [0.2, 0.25) is 5.28 Å². The van der Waals surface area contributed by atoms with Crippen molar-refractivity contribution in [1.82, 2.24) is 24.7 Å². The van der Waals surface area contributed by atoms with Gasteiger partial charge in [0.15, 0.2) is 14.9 Å². The molecule has 3 aromatic heterocycles. The second kappa shape index (κ2) is 10.2. The standard InChI is InChI=1S/C22H33ClN6O2Si/c1-8-30-13-12-29-18-16(17(28-29)19(22(3,4)5)31-32(6)7)26-21(23)27-20(18)25-15-11-9-10-14(2)24-15/h9-11,19,32H,8,12-13H2,1-7H3,(H,24,25,26,27). The van der Waals surface area contributed by atoms with Crippen LogP contribution in [0.5, 0.6) is 0 Å². The van der Waals surface area contributed by atoms with E-state index >= 15 is 0 Å². The fourth-order valence-electron chi connectivity index (χ4n) is 3.48. The second-order valence-corrected chi connectivity index (χ2v) is 11.8. The average molecular weight is 477 g/mol. The van der Waals surface area contributed by atoms with Crippen LogP contribution in [0.3, 0.4) is 0 Å². The molecule has 0 saturated carbocycles. The van der Waals surface area contributed by atoms with Crippen LogP contribution in [0.4, 0.5) is 11.6 Å². The number of pyridine rings is 1. The number of nitrogens with one attached hydrogen (secondary N) is 1. The second-order valence-electron chi connectivity index (χ2n) is 9.06. The smallest absolute Gasteiger partial charge is 0.225 e. The number of fused-ring (bicyclic) bond motifs is 1. The highest BCUT2D eigenvalue weighted by atomic mass is 35.5. The molecule has 8 nitrogen and oxygen atoms in total. The Morgan fingerprint density at radius 2 is 1.94 bits per heavy atom. The van der Waals surface area contributed by atoms with Crippen LogP contribution in [0.1, 0.15) is 45.2 Å². The number of aromatic nitrogens is 5. The summed E-state index contributed by atoms with van der Waals surface area (Å²) in [5, 5.41) is 8.41. The molecular weight excluding hydrogens is 444 g/mol. The Bertz CT molecular complexity index is 1070. The van der Waals surface area contributed by atoms with Crippen LogP contribution in [0.15, 0.2) is 18.2 Å². The van der Waals surface area contributed by atoms with Crippen LogP contribution >= 0.6 is 11.6 Å². The first-order chi connectivity index (χ1) is 15.1. The van der Waals surface area contributed by atoms with E-state index in [0.717, 1.165) is 16.9 Å². The number of hydrogen-bond acceptors (Lipinski definition) is 7. The van der Waals surface area contributed by atoms with E-state index in [1.807, 2.05) is 36.7 Å². The van der Waals surface area contributed by atoms with Crippen molar-refractivity contribution in [2.75, 3.05) is 18.5 Å². The number of rotatable bonds is 9. The van der Waals surface area contributed by atoms with Crippen LogP contribution < -0.4 is 5.32 Å². The summed E-state index contributed by atoms with van der Waals surface area (Å²) in [4.78, 5) is 13.6. The quantitative estimate of drug-likeness (QED) is 0.262. The zero-order valence-electron chi connectivity index (χ0n) is 19.9. The van der Waals surface area contributed by atoms with Crippen LogP contribution in [0.25, 0.3) is 11.0 Å². The van der Waals surface area contributed by atoms with Gasteiger partial charge < -0.3 is 14.5 Å². The van der Waals surface area contributed by atoms with Gasteiger partial charge in [-0.2, -0.15) is 10.1 Å². The summed E-state index contributed by atoms with van der Waals surface area (Å²) in [6.45, 7) is 16.4. The Hall–Kier alpha value is -2.07. The van der Waals surface area contributed by atoms with Gasteiger partial charge in [0.1, 0.15) is 22.5 Å². The molecule has 3 rings (SSSR count). The van der Waals surface area contributed by atoms with Crippen molar-refractivity contribution >= 4 is 43.3 Å². The van der Waals surface area contributed by atoms with Crippen LogP contribution in [-0.4, -0.2) is 47.0 Å². The molecule has 0 aromatic carbocycles. The number of nitrogens with zero attached hydrogens (tertiary/aromatic N) is 5. The largest absolute Gasteiger partial charge is 0.411 e. The predicted octanol–water partition coefficient (Wildman–Crippen LogP) is 5.05.